The summed E-state index contributed by atoms with van der Waals surface area (Å²) in [5.74, 6) is 1.60. The van der Waals surface area contributed by atoms with Gasteiger partial charge in [-0.1, -0.05) is 12.1 Å². The van der Waals surface area contributed by atoms with Crippen molar-refractivity contribution < 1.29 is 14.1 Å². The molecule has 20 heavy (non-hydrogen) atoms. The van der Waals surface area contributed by atoms with Crippen LogP contribution in [0.5, 0.6) is 0 Å². The molecule has 0 saturated heterocycles. The molecular formula is C12H17N5O3. The van der Waals surface area contributed by atoms with Crippen LogP contribution in [0, 0.1) is 6.92 Å². The molecule has 0 aromatic carbocycles. The van der Waals surface area contributed by atoms with Crippen molar-refractivity contribution in [2.75, 3.05) is 12.8 Å². The van der Waals surface area contributed by atoms with Crippen LogP contribution in [0.15, 0.2) is 4.52 Å². The molecule has 2 N–H and O–H groups in total. The fraction of sp³-hybridized carbons (Fsp3) is 0.500. The minimum Gasteiger partial charge on any atom is -0.464 e. The first-order valence-corrected chi connectivity index (χ1v) is 6.29. The first-order valence-electron chi connectivity index (χ1n) is 6.29. The van der Waals surface area contributed by atoms with Crippen molar-refractivity contribution in [1.82, 2.24) is 19.7 Å². The fourth-order valence-electron chi connectivity index (χ4n) is 1.93. The Morgan fingerprint density at radius 1 is 1.45 bits per heavy atom. The van der Waals surface area contributed by atoms with Crippen LogP contribution in [0.1, 0.15) is 35.0 Å². The Hall–Kier alpha value is -2.38. The maximum atomic E-state index is 11.6. The minimum absolute atomic E-state index is 0.147. The molecule has 8 nitrogen and oxygen atoms in total. The van der Waals surface area contributed by atoms with Gasteiger partial charge >= 0.3 is 5.97 Å². The number of aromatic nitrogens is 4. The van der Waals surface area contributed by atoms with Crippen LogP contribution in [0.3, 0.4) is 0 Å². The molecule has 0 aliphatic carbocycles. The first-order chi connectivity index (χ1) is 9.56. The minimum atomic E-state index is -0.536. The number of nitrogens with two attached hydrogens (primary N) is 1. The molecule has 108 valence electrons. The van der Waals surface area contributed by atoms with Gasteiger partial charge in [0.1, 0.15) is 11.6 Å². The van der Waals surface area contributed by atoms with Crippen molar-refractivity contribution in [3.63, 3.8) is 0 Å². The van der Waals surface area contributed by atoms with Gasteiger partial charge in [-0.05, 0) is 0 Å². The molecule has 8 heteroatoms. The van der Waals surface area contributed by atoms with E-state index in [9.17, 15) is 4.79 Å². The lowest BCUT2D eigenvalue weighted by atomic mass is 10.3. The van der Waals surface area contributed by atoms with Gasteiger partial charge in [0.25, 0.3) is 0 Å². The van der Waals surface area contributed by atoms with Crippen LogP contribution in [-0.2, 0) is 24.1 Å². The standard InChI is InChI=1S/C12H17N5O3/c1-4-9-15-10(12(18)19-3)11(13)17(9)6-5-8-14-7(2)20-16-8/h4-6,13H2,1-3H3. The molecule has 0 radical (unpaired) electrons. The van der Waals surface area contributed by atoms with E-state index in [1.807, 2.05) is 6.92 Å². The van der Waals surface area contributed by atoms with Gasteiger partial charge in [-0.15, -0.1) is 0 Å². The Labute approximate surface area is 115 Å². The van der Waals surface area contributed by atoms with E-state index in [0.717, 1.165) is 5.82 Å². The quantitative estimate of drug-likeness (QED) is 0.804. The highest BCUT2D eigenvalue weighted by molar-refractivity contribution is 5.92. The molecule has 0 bridgehead atoms. The van der Waals surface area contributed by atoms with E-state index in [1.54, 1.807) is 11.5 Å². The maximum Gasteiger partial charge on any atom is 0.360 e. The molecule has 0 saturated carbocycles. The van der Waals surface area contributed by atoms with E-state index in [0.29, 0.717) is 36.9 Å². The van der Waals surface area contributed by atoms with Crippen LogP contribution in [0.2, 0.25) is 0 Å². The summed E-state index contributed by atoms with van der Waals surface area (Å²) < 4.78 is 11.3. The van der Waals surface area contributed by atoms with Gasteiger partial charge in [-0.2, -0.15) is 4.98 Å². The molecular weight excluding hydrogens is 262 g/mol. The van der Waals surface area contributed by atoms with Crippen LogP contribution in [0.25, 0.3) is 0 Å². The van der Waals surface area contributed by atoms with Crippen LogP contribution < -0.4 is 5.73 Å². The lowest BCUT2D eigenvalue weighted by molar-refractivity contribution is 0.0595. The summed E-state index contributed by atoms with van der Waals surface area (Å²) in [7, 11) is 1.30. The number of carbonyl (C=O) groups excluding carboxylic acids is 1. The van der Waals surface area contributed by atoms with Gasteiger partial charge in [0, 0.05) is 26.3 Å². The second-order valence-electron chi connectivity index (χ2n) is 4.24. The van der Waals surface area contributed by atoms with Crippen molar-refractivity contribution in [3.05, 3.63) is 23.2 Å². The smallest absolute Gasteiger partial charge is 0.360 e. The zero-order valence-corrected chi connectivity index (χ0v) is 11.7. The van der Waals surface area contributed by atoms with E-state index < -0.39 is 5.97 Å². The molecule has 2 heterocycles. The normalized spacial score (nSPS) is 10.8. The van der Waals surface area contributed by atoms with Gasteiger partial charge in [0.2, 0.25) is 5.89 Å². The summed E-state index contributed by atoms with van der Waals surface area (Å²) in [6.45, 7) is 4.20. The molecule has 0 aliphatic heterocycles. The zero-order chi connectivity index (χ0) is 14.7. The lowest BCUT2D eigenvalue weighted by Gasteiger charge is -2.06. The fourth-order valence-corrected chi connectivity index (χ4v) is 1.93. The maximum absolute atomic E-state index is 11.6. The molecule has 0 aliphatic rings. The Bertz CT molecular complexity index is 617. The molecule has 2 aromatic rings. The first kappa shape index (κ1) is 14.0. The van der Waals surface area contributed by atoms with Crippen molar-refractivity contribution in [3.8, 4) is 0 Å². The third-order valence-corrected chi connectivity index (χ3v) is 2.91. The number of hydrogen-bond acceptors (Lipinski definition) is 7. The Kier molecular flexibility index (Phi) is 4.02. The van der Waals surface area contributed by atoms with E-state index in [-0.39, 0.29) is 5.69 Å². The summed E-state index contributed by atoms with van der Waals surface area (Å²) in [5.41, 5.74) is 6.11. The van der Waals surface area contributed by atoms with E-state index in [1.165, 1.54) is 7.11 Å². The predicted molar refractivity (Wildman–Crippen MR) is 70.1 cm³/mol. The number of hydrogen-bond donors (Lipinski definition) is 1. The molecule has 2 rings (SSSR count). The summed E-state index contributed by atoms with van der Waals surface area (Å²) in [4.78, 5) is 19.9. The Morgan fingerprint density at radius 3 is 2.75 bits per heavy atom. The lowest BCUT2D eigenvalue weighted by Crippen LogP contribution is -2.11. The van der Waals surface area contributed by atoms with Gasteiger partial charge in [0.15, 0.2) is 11.5 Å². The second-order valence-corrected chi connectivity index (χ2v) is 4.24. The number of methoxy groups -OCH3 is 1. The molecule has 0 spiro atoms. The zero-order valence-electron chi connectivity index (χ0n) is 11.7. The second kappa shape index (κ2) is 5.72. The third kappa shape index (κ3) is 2.63. The van der Waals surface area contributed by atoms with Crippen LogP contribution >= 0.6 is 0 Å². The SMILES string of the molecule is CCc1nc(C(=O)OC)c(N)n1CCc1noc(C)n1. The number of imidazole rings is 1. The van der Waals surface area contributed by atoms with E-state index in [4.69, 9.17) is 10.3 Å². The Morgan fingerprint density at radius 2 is 2.20 bits per heavy atom. The van der Waals surface area contributed by atoms with E-state index in [2.05, 4.69) is 19.9 Å². The highest BCUT2D eigenvalue weighted by Gasteiger charge is 2.20. The van der Waals surface area contributed by atoms with Gasteiger partial charge < -0.3 is 19.6 Å². The number of nitrogen functional groups attached to an aromatic ring is 1. The number of esters is 1. The molecule has 0 fully saturated rings. The van der Waals surface area contributed by atoms with E-state index >= 15 is 0 Å². The number of aryl methyl sites for hydroxylation is 3. The van der Waals surface area contributed by atoms with Crippen molar-refractivity contribution in [1.29, 1.82) is 0 Å². The third-order valence-electron chi connectivity index (χ3n) is 2.91. The molecule has 0 amide bonds. The van der Waals surface area contributed by atoms with Crippen molar-refractivity contribution in [2.24, 2.45) is 0 Å². The molecule has 0 atom stereocenters. The average Bonchev–Trinajstić information content (AvgIpc) is 2.99. The number of anilines is 1. The summed E-state index contributed by atoms with van der Waals surface area (Å²) in [5, 5.41) is 3.82. The van der Waals surface area contributed by atoms with Gasteiger partial charge in [0.05, 0.1) is 7.11 Å². The number of nitrogens with zero attached hydrogens (tertiary/aromatic N) is 4. The van der Waals surface area contributed by atoms with Crippen LogP contribution in [-0.4, -0.2) is 32.8 Å². The Balaban J connectivity index is 2.21. The van der Waals surface area contributed by atoms with Crippen LogP contribution in [0.4, 0.5) is 5.82 Å². The monoisotopic (exact) mass is 279 g/mol. The average molecular weight is 279 g/mol. The topological polar surface area (TPSA) is 109 Å². The number of ether oxygens (including phenoxy) is 1. The number of rotatable bonds is 5. The van der Waals surface area contributed by atoms with Crippen molar-refractivity contribution in [2.45, 2.75) is 33.2 Å². The number of carbonyl (C=O) groups is 1. The van der Waals surface area contributed by atoms with Gasteiger partial charge in [-0.25, -0.2) is 9.78 Å². The highest BCUT2D eigenvalue weighted by atomic mass is 16.5. The highest BCUT2D eigenvalue weighted by Crippen LogP contribution is 2.17. The molecule has 0 unspecified atom stereocenters. The molecule has 2 aromatic heterocycles. The van der Waals surface area contributed by atoms with Gasteiger partial charge in [-0.3, -0.25) is 0 Å². The summed E-state index contributed by atoms with van der Waals surface area (Å²) in [6.07, 6.45) is 1.21. The summed E-state index contributed by atoms with van der Waals surface area (Å²) >= 11 is 0. The summed E-state index contributed by atoms with van der Waals surface area (Å²) in [6, 6.07) is 0. The predicted octanol–water partition coefficient (Wildman–Crippen LogP) is 0.748. The largest absolute Gasteiger partial charge is 0.464 e. The van der Waals surface area contributed by atoms with Crippen molar-refractivity contribution >= 4 is 11.8 Å².